The molecular weight excluding hydrogens is 327 g/mol. The number of aliphatic imine (C=N–C) groups is 1. The minimum Gasteiger partial charge on any atom is -0.370 e. The summed E-state index contributed by atoms with van der Waals surface area (Å²) in [5.41, 5.74) is 6.12. The van der Waals surface area contributed by atoms with E-state index in [0.717, 1.165) is 12.2 Å². The number of nitrogens with zero attached hydrogens (tertiary/aromatic N) is 2. The molecule has 4 nitrogen and oxygen atoms in total. The minimum atomic E-state index is 0. The molecular formula is C12H19IN4. The van der Waals surface area contributed by atoms with Crippen LogP contribution in [0, 0.1) is 5.41 Å². The molecule has 1 aliphatic rings. The lowest BCUT2D eigenvalue weighted by atomic mass is 9.68. The Hall–Kier alpha value is -0.850. The van der Waals surface area contributed by atoms with Gasteiger partial charge in [0.05, 0.1) is 6.04 Å². The van der Waals surface area contributed by atoms with Gasteiger partial charge in [0, 0.05) is 6.20 Å². The summed E-state index contributed by atoms with van der Waals surface area (Å²) in [6.45, 7) is 4.44. The van der Waals surface area contributed by atoms with E-state index in [1.54, 1.807) is 6.20 Å². The number of nitrogens with one attached hydrogen (secondary N) is 1. The third-order valence-corrected chi connectivity index (χ3v) is 3.18. The molecule has 1 aliphatic carbocycles. The van der Waals surface area contributed by atoms with Crippen molar-refractivity contribution in [1.82, 2.24) is 4.98 Å². The smallest absolute Gasteiger partial charge is 0.194 e. The summed E-state index contributed by atoms with van der Waals surface area (Å²) < 4.78 is 0. The fourth-order valence-corrected chi connectivity index (χ4v) is 1.86. The minimum absolute atomic E-state index is 0. The Morgan fingerprint density at radius 2 is 2.29 bits per heavy atom. The lowest BCUT2D eigenvalue weighted by Crippen LogP contribution is -2.40. The van der Waals surface area contributed by atoms with Gasteiger partial charge >= 0.3 is 0 Å². The van der Waals surface area contributed by atoms with Gasteiger partial charge in [-0.1, -0.05) is 19.9 Å². The molecule has 0 aromatic carbocycles. The molecule has 1 fully saturated rings. The molecule has 0 aliphatic heterocycles. The number of aromatic nitrogens is 1. The van der Waals surface area contributed by atoms with E-state index in [1.165, 1.54) is 6.42 Å². The van der Waals surface area contributed by atoms with Gasteiger partial charge in [0.2, 0.25) is 0 Å². The molecule has 5 heteroatoms. The Labute approximate surface area is 119 Å². The molecule has 0 spiro atoms. The number of anilines is 1. The number of hydrogen-bond donors (Lipinski definition) is 2. The second-order valence-corrected chi connectivity index (χ2v) is 4.90. The van der Waals surface area contributed by atoms with E-state index in [-0.39, 0.29) is 29.4 Å². The molecule has 0 amide bonds. The van der Waals surface area contributed by atoms with Crippen LogP contribution in [0.2, 0.25) is 0 Å². The Balaban J connectivity index is 0.00000144. The standard InChI is InChI=1S/C12H18N4.HI/c1-12(2)7-6-9(12)15-11(13)16-10-5-3-4-8-14-10;/h3-5,8-9H,6-7H2,1-2H3,(H3,13,14,15,16);1H. The number of rotatable bonds is 2. The molecule has 0 bridgehead atoms. The molecule has 2 rings (SSSR count). The number of guanidine groups is 1. The maximum atomic E-state index is 5.84. The summed E-state index contributed by atoms with van der Waals surface area (Å²) in [6.07, 6.45) is 4.07. The molecule has 94 valence electrons. The average Bonchev–Trinajstić information content (AvgIpc) is 2.26. The fourth-order valence-electron chi connectivity index (χ4n) is 1.86. The van der Waals surface area contributed by atoms with Crippen molar-refractivity contribution in [1.29, 1.82) is 0 Å². The van der Waals surface area contributed by atoms with E-state index >= 15 is 0 Å². The van der Waals surface area contributed by atoms with Crippen molar-refractivity contribution in [3.8, 4) is 0 Å². The van der Waals surface area contributed by atoms with Crippen molar-refractivity contribution in [3.63, 3.8) is 0 Å². The number of hydrogen-bond acceptors (Lipinski definition) is 2. The lowest BCUT2D eigenvalue weighted by Gasteiger charge is -2.41. The van der Waals surface area contributed by atoms with Gasteiger partial charge in [-0.05, 0) is 30.4 Å². The molecule has 1 atom stereocenters. The Bertz CT molecular complexity index is 389. The maximum absolute atomic E-state index is 5.84. The molecule has 1 aromatic heterocycles. The molecule has 17 heavy (non-hydrogen) atoms. The highest BCUT2D eigenvalue weighted by atomic mass is 127. The van der Waals surface area contributed by atoms with E-state index in [4.69, 9.17) is 5.73 Å². The lowest BCUT2D eigenvalue weighted by molar-refractivity contribution is 0.145. The second kappa shape index (κ2) is 5.66. The first-order valence-corrected chi connectivity index (χ1v) is 5.59. The van der Waals surface area contributed by atoms with E-state index in [1.807, 2.05) is 18.2 Å². The summed E-state index contributed by atoms with van der Waals surface area (Å²) in [6, 6.07) is 5.99. The summed E-state index contributed by atoms with van der Waals surface area (Å²) >= 11 is 0. The third-order valence-electron chi connectivity index (χ3n) is 3.18. The number of halogens is 1. The molecule has 1 heterocycles. The SMILES string of the molecule is CC1(C)CCC1N=C(N)Nc1ccccn1.I. The first-order valence-electron chi connectivity index (χ1n) is 5.59. The second-order valence-electron chi connectivity index (χ2n) is 4.90. The third kappa shape index (κ3) is 3.55. The first-order chi connectivity index (χ1) is 7.58. The zero-order valence-electron chi connectivity index (χ0n) is 10.2. The Morgan fingerprint density at radius 3 is 2.76 bits per heavy atom. The summed E-state index contributed by atoms with van der Waals surface area (Å²) in [7, 11) is 0. The van der Waals surface area contributed by atoms with Crippen LogP contribution in [-0.4, -0.2) is 17.0 Å². The van der Waals surface area contributed by atoms with Gasteiger partial charge in [-0.15, -0.1) is 24.0 Å². The highest BCUT2D eigenvalue weighted by molar-refractivity contribution is 14.0. The van der Waals surface area contributed by atoms with Gasteiger partial charge in [0.25, 0.3) is 0 Å². The van der Waals surface area contributed by atoms with Crippen molar-refractivity contribution in [2.45, 2.75) is 32.7 Å². The van der Waals surface area contributed by atoms with Gasteiger partial charge in [0.15, 0.2) is 5.96 Å². The maximum Gasteiger partial charge on any atom is 0.194 e. The molecule has 1 aromatic rings. The van der Waals surface area contributed by atoms with Crippen molar-refractivity contribution in [2.75, 3.05) is 5.32 Å². The van der Waals surface area contributed by atoms with Crippen LogP contribution in [-0.2, 0) is 0 Å². The summed E-state index contributed by atoms with van der Waals surface area (Å²) in [4.78, 5) is 8.61. The quantitative estimate of drug-likeness (QED) is 0.492. The molecule has 1 saturated carbocycles. The topological polar surface area (TPSA) is 63.3 Å². The van der Waals surface area contributed by atoms with Crippen molar-refractivity contribution in [3.05, 3.63) is 24.4 Å². The van der Waals surface area contributed by atoms with Crippen LogP contribution in [0.3, 0.4) is 0 Å². The van der Waals surface area contributed by atoms with Gasteiger partial charge in [-0.2, -0.15) is 0 Å². The van der Waals surface area contributed by atoms with Gasteiger partial charge in [0.1, 0.15) is 5.82 Å². The van der Waals surface area contributed by atoms with Crippen LogP contribution in [0.1, 0.15) is 26.7 Å². The van der Waals surface area contributed by atoms with Crippen LogP contribution >= 0.6 is 24.0 Å². The fraction of sp³-hybridized carbons (Fsp3) is 0.500. The van der Waals surface area contributed by atoms with Crippen LogP contribution < -0.4 is 11.1 Å². The predicted molar refractivity (Wildman–Crippen MR) is 81.7 cm³/mol. The highest BCUT2D eigenvalue weighted by Gasteiger charge is 2.38. The average molecular weight is 346 g/mol. The van der Waals surface area contributed by atoms with E-state index in [9.17, 15) is 0 Å². The Kier molecular flexibility index (Phi) is 4.73. The molecule has 0 radical (unpaired) electrons. The summed E-state index contributed by atoms with van der Waals surface area (Å²) in [5, 5.41) is 3.00. The van der Waals surface area contributed by atoms with Crippen LogP contribution in [0.5, 0.6) is 0 Å². The summed E-state index contributed by atoms with van der Waals surface area (Å²) in [5.74, 6) is 1.19. The van der Waals surface area contributed by atoms with Crippen molar-refractivity contribution >= 4 is 35.8 Å². The van der Waals surface area contributed by atoms with Crippen LogP contribution in [0.4, 0.5) is 5.82 Å². The number of nitrogens with two attached hydrogens (primary N) is 1. The normalized spacial score (nSPS) is 22.2. The van der Waals surface area contributed by atoms with Crippen molar-refractivity contribution in [2.24, 2.45) is 16.1 Å². The van der Waals surface area contributed by atoms with E-state index in [0.29, 0.717) is 12.0 Å². The number of pyridine rings is 1. The van der Waals surface area contributed by atoms with E-state index < -0.39 is 0 Å². The van der Waals surface area contributed by atoms with Gasteiger partial charge < -0.3 is 11.1 Å². The highest BCUT2D eigenvalue weighted by Crippen LogP contribution is 2.42. The monoisotopic (exact) mass is 346 g/mol. The Morgan fingerprint density at radius 1 is 1.53 bits per heavy atom. The largest absolute Gasteiger partial charge is 0.370 e. The first kappa shape index (κ1) is 14.2. The van der Waals surface area contributed by atoms with Crippen LogP contribution in [0.15, 0.2) is 29.4 Å². The van der Waals surface area contributed by atoms with Crippen LogP contribution in [0.25, 0.3) is 0 Å². The molecule has 3 N–H and O–H groups in total. The van der Waals surface area contributed by atoms with Gasteiger partial charge in [-0.3, -0.25) is 0 Å². The molecule has 0 saturated heterocycles. The zero-order valence-corrected chi connectivity index (χ0v) is 12.5. The zero-order chi connectivity index (χ0) is 11.6. The van der Waals surface area contributed by atoms with E-state index in [2.05, 4.69) is 29.1 Å². The predicted octanol–water partition coefficient (Wildman–Crippen LogP) is 2.61. The van der Waals surface area contributed by atoms with Gasteiger partial charge in [-0.25, -0.2) is 9.98 Å². The van der Waals surface area contributed by atoms with Crippen molar-refractivity contribution < 1.29 is 0 Å². The molecule has 1 unspecified atom stereocenters.